The van der Waals surface area contributed by atoms with Crippen molar-refractivity contribution in [2.24, 2.45) is 5.92 Å². The van der Waals surface area contributed by atoms with E-state index < -0.39 is 0 Å². The number of amides is 1. The molecule has 0 spiro atoms. The molecule has 1 fully saturated rings. The Kier molecular flexibility index (Phi) is 4.88. The molecule has 1 amide bonds. The molecule has 1 saturated carbocycles. The number of phenols is 2. The van der Waals surface area contributed by atoms with Crippen molar-refractivity contribution in [3.05, 3.63) is 23.8 Å². The second kappa shape index (κ2) is 6.64. The number of nitrogens with one attached hydrogen (secondary N) is 1. The van der Waals surface area contributed by atoms with Gasteiger partial charge in [0.1, 0.15) is 0 Å². The lowest BCUT2D eigenvalue weighted by Crippen LogP contribution is -2.40. The van der Waals surface area contributed by atoms with Gasteiger partial charge in [0.25, 0.3) is 5.91 Å². The maximum Gasteiger partial charge on any atom is 0.255 e. The van der Waals surface area contributed by atoms with Crippen molar-refractivity contribution in [2.45, 2.75) is 51.5 Å². The van der Waals surface area contributed by atoms with Crippen LogP contribution < -0.4 is 5.32 Å². The number of carbonyl (C=O) groups is 1. The molecule has 1 aromatic rings. The van der Waals surface area contributed by atoms with Crippen LogP contribution in [0, 0.1) is 5.92 Å². The monoisotopic (exact) mass is 277 g/mol. The number of aromatic hydroxyl groups is 2. The fourth-order valence-corrected chi connectivity index (χ4v) is 3.05. The van der Waals surface area contributed by atoms with E-state index >= 15 is 0 Å². The third-order valence-corrected chi connectivity index (χ3v) is 4.23. The SMILES string of the molecule is CCC(NC(=O)c1cccc(O)c1O)C1CCCCC1. The normalized spacial score (nSPS) is 17.6. The van der Waals surface area contributed by atoms with E-state index in [9.17, 15) is 15.0 Å². The van der Waals surface area contributed by atoms with Gasteiger partial charge in [0, 0.05) is 6.04 Å². The molecule has 20 heavy (non-hydrogen) atoms. The Morgan fingerprint density at radius 1 is 1.30 bits per heavy atom. The Hall–Kier alpha value is -1.71. The second-order valence-corrected chi connectivity index (χ2v) is 5.56. The number of rotatable bonds is 4. The maximum atomic E-state index is 12.2. The van der Waals surface area contributed by atoms with E-state index in [4.69, 9.17) is 0 Å². The molecule has 3 N–H and O–H groups in total. The molecule has 1 aromatic carbocycles. The molecule has 2 rings (SSSR count). The van der Waals surface area contributed by atoms with Gasteiger partial charge < -0.3 is 15.5 Å². The van der Waals surface area contributed by atoms with E-state index in [2.05, 4.69) is 12.2 Å². The number of benzene rings is 1. The molecule has 0 aliphatic heterocycles. The van der Waals surface area contributed by atoms with Gasteiger partial charge in [-0.25, -0.2) is 0 Å². The van der Waals surface area contributed by atoms with Gasteiger partial charge in [-0.05, 0) is 37.3 Å². The van der Waals surface area contributed by atoms with Crippen molar-refractivity contribution in [1.29, 1.82) is 0 Å². The fourth-order valence-electron chi connectivity index (χ4n) is 3.05. The summed E-state index contributed by atoms with van der Waals surface area (Å²) in [7, 11) is 0. The summed E-state index contributed by atoms with van der Waals surface area (Å²) in [6.07, 6.45) is 6.95. The molecule has 0 saturated heterocycles. The van der Waals surface area contributed by atoms with Crippen LogP contribution in [0.4, 0.5) is 0 Å². The Bertz CT molecular complexity index is 467. The van der Waals surface area contributed by atoms with Crippen LogP contribution in [-0.2, 0) is 0 Å². The van der Waals surface area contributed by atoms with Crippen LogP contribution >= 0.6 is 0 Å². The minimum absolute atomic E-state index is 0.138. The first-order valence-corrected chi connectivity index (χ1v) is 7.45. The Balaban J connectivity index is 2.06. The predicted octanol–water partition coefficient (Wildman–Crippen LogP) is 3.19. The zero-order chi connectivity index (χ0) is 14.5. The first kappa shape index (κ1) is 14.7. The zero-order valence-electron chi connectivity index (χ0n) is 11.9. The molecular weight excluding hydrogens is 254 g/mol. The third kappa shape index (κ3) is 3.24. The lowest BCUT2D eigenvalue weighted by molar-refractivity contribution is 0.0908. The molecular formula is C16H23NO3. The van der Waals surface area contributed by atoms with E-state index in [0.29, 0.717) is 5.92 Å². The van der Waals surface area contributed by atoms with Crippen molar-refractivity contribution < 1.29 is 15.0 Å². The van der Waals surface area contributed by atoms with Gasteiger partial charge in [0.15, 0.2) is 11.5 Å². The molecule has 1 aliphatic rings. The van der Waals surface area contributed by atoms with Crippen LogP contribution in [0.15, 0.2) is 18.2 Å². The van der Waals surface area contributed by atoms with Crippen LogP contribution in [0.5, 0.6) is 11.5 Å². The highest BCUT2D eigenvalue weighted by atomic mass is 16.3. The van der Waals surface area contributed by atoms with Crippen LogP contribution in [-0.4, -0.2) is 22.2 Å². The predicted molar refractivity (Wildman–Crippen MR) is 77.9 cm³/mol. The summed E-state index contributed by atoms with van der Waals surface area (Å²) >= 11 is 0. The van der Waals surface area contributed by atoms with Gasteiger partial charge in [-0.15, -0.1) is 0 Å². The van der Waals surface area contributed by atoms with Crippen molar-refractivity contribution in [2.75, 3.05) is 0 Å². The highest BCUT2D eigenvalue weighted by Crippen LogP contribution is 2.30. The Labute approximate surface area is 119 Å². The summed E-state index contributed by atoms with van der Waals surface area (Å²) < 4.78 is 0. The van der Waals surface area contributed by atoms with Gasteiger partial charge in [0.2, 0.25) is 0 Å². The average Bonchev–Trinajstić information content (AvgIpc) is 2.48. The Morgan fingerprint density at radius 3 is 2.65 bits per heavy atom. The summed E-state index contributed by atoms with van der Waals surface area (Å²) in [5.74, 6) is -0.389. The van der Waals surface area contributed by atoms with E-state index in [-0.39, 0.29) is 29.0 Å². The lowest BCUT2D eigenvalue weighted by atomic mass is 9.83. The summed E-state index contributed by atoms with van der Waals surface area (Å²) in [5.41, 5.74) is 0.138. The molecule has 0 aromatic heterocycles. The van der Waals surface area contributed by atoms with Crippen LogP contribution in [0.3, 0.4) is 0 Å². The largest absolute Gasteiger partial charge is 0.504 e. The minimum atomic E-state index is -0.344. The third-order valence-electron chi connectivity index (χ3n) is 4.23. The van der Waals surface area contributed by atoms with E-state index in [1.54, 1.807) is 6.07 Å². The van der Waals surface area contributed by atoms with Gasteiger partial charge in [0.05, 0.1) is 5.56 Å². The molecule has 0 radical (unpaired) electrons. The molecule has 4 nitrogen and oxygen atoms in total. The highest BCUT2D eigenvalue weighted by Gasteiger charge is 2.25. The lowest BCUT2D eigenvalue weighted by Gasteiger charge is -2.30. The van der Waals surface area contributed by atoms with Crippen molar-refractivity contribution in [3.63, 3.8) is 0 Å². The van der Waals surface area contributed by atoms with Crippen LogP contribution in [0.25, 0.3) is 0 Å². The van der Waals surface area contributed by atoms with Crippen molar-refractivity contribution in [1.82, 2.24) is 5.32 Å². The average molecular weight is 277 g/mol. The van der Waals surface area contributed by atoms with Gasteiger partial charge in [-0.1, -0.05) is 32.3 Å². The number of phenolic OH excluding ortho intramolecular Hbond substituents is 2. The summed E-state index contributed by atoms with van der Waals surface area (Å²) in [6.45, 7) is 2.07. The highest BCUT2D eigenvalue weighted by molar-refractivity contribution is 5.97. The van der Waals surface area contributed by atoms with Gasteiger partial charge in [-0.3, -0.25) is 4.79 Å². The quantitative estimate of drug-likeness (QED) is 0.740. The topological polar surface area (TPSA) is 69.6 Å². The summed E-state index contributed by atoms with van der Waals surface area (Å²) in [5, 5.41) is 22.2. The fraction of sp³-hybridized carbons (Fsp3) is 0.562. The van der Waals surface area contributed by atoms with Gasteiger partial charge in [-0.2, -0.15) is 0 Å². The maximum absolute atomic E-state index is 12.2. The Morgan fingerprint density at radius 2 is 2.00 bits per heavy atom. The van der Waals surface area contributed by atoms with Gasteiger partial charge >= 0.3 is 0 Å². The zero-order valence-corrected chi connectivity index (χ0v) is 11.9. The summed E-state index contributed by atoms with van der Waals surface area (Å²) in [4.78, 5) is 12.2. The molecule has 0 heterocycles. The molecule has 110 valence electrons. The molecule has 1 aliphatic carbocycles. The number of hydrogen-bond donors (Lipinski definition) is 3. The van der Waals surface area contributed by atoms with Crippen molar-refractivity contribution in [3.8, 4) is 11.5 Å². The van der Waals surface area contributed by atoms with Crippen LogP contribution in [0.1, 0.15) is 55.8 Å². The standard InChI is InChI=1S/C16H23NO3/c1-2-13(11-7-4-3-5-8-11)17-16(20)12-9-6-10-14(18)15(12)19/h6,9-11,13,18-19H,2-5,7-8H2,1H3,(H,17,20). The van der Waals surface area contributed by atoms with Crippen molar-refractivity contribution >= 4 is 5.91 Å². The number of carbonyl (C=O) groups excluding carboxylic acids is 1. The molecule has 0 bridgehead atoms. The first-order valence-electron chi connectivity index (χ1n) is 7.45. The molecule has 1 atom stereocenters. The minimum Gasteiger partial charge on any atom is -0.504 e. The van der Waals surface area contributed by atoms with E-state index in [1.807, 2.05) is 0 Å². The van der Waals surface area contributed by atoms with E-state index in [1.165, 1.54) is 31.4 Å². The second-order valence-electron chi connectivity index (χ2n) is 5.56. The smallest absolute Gasteiger partial charge is 0.255 e. The summed E-state index contributed by atoms with van der Waals surface area (Å²) in [6, 6.07) is 4.60. The number of hydrogen-bond acceptors (Lipinski definition) is 3. The van der Waals surface area contributed by atoms with E-state index in [0.717, 1.165) is 19.3 Å². The molecule has 4 heteroatoms. The first-order chi connectivity index (χ1) is 9.63. The van der Waals surface area contributed by atoms with Crippen LogP contribution in [0.2, 0.25) is 0 Å². The number of para-hydroxylation sites is 1. The molecule has 1 unspecified atom stereocenters.